The third kappa shape index (κ3) is 2.98. The molecule has 1 saturated heterocycles. The molecule has 1 aliphatic heterocycles. The Morgan fingerprint density at radius 2 is 1.95 bits per heavy atom. The summed E-state index contributed by atoms with van der Waals surface area (Å²) >= 11 is 0. The third-order valence-electron chi connectivity index (χ3n) is 4.21. The van der Waals surface area contributed by atoms with Crippen molar-refractivity contribution in [1.82, 2.24) is 4.90 Å². The summed E-state index contributed by atoms with van der Waals surface area (Å²) in [6, 6.07) is 8.84. The van der Waals surface area contributed by atoms with Crippen LogP contribution in [0.2, 0.25) is 0 Å². The molecule has 1 heterocycles. The number of aryl methyl sites for hydroxylation is 1. The van der Waals surface area contributed by atoms with Crippen LogP contribution in [-0.4, -0.2) is 35.1 Å². The van der Waals surface area contributed by atoms with Crippen molar-refractivity contribution >= 4 is 5.97 Å². The zero-order valence-electron chi connectivity index (χ0n) is 12.0. The molecule has 2 rings (SSSR count). The minimum absolute atomic E-state index is 0.116. The van der Waals surface area contributed by atoms with Gasteiger partial charge in [0.25, 0.3) is 0 Å². The van der Waals surface area contributed by atoms with E-state index in [-0.39, 0.29) is 11.8 Å². The molecule has 0 spiro atoms. The van der Waals surface area contributed by atoms with E-state index in [1.54, 1.807) is 0 Å². The number of likely N-dealkylation sites (tertiary alicyclic amines) is 1. The number of hydrogen-bond donors (Lipinski definition) is 1. The monoisotopic (exact) mass is 261 g/mol. The highest BCUT2D eigenvalue weighted by Gasteiger charge is 2.39. The zero-order valence-corrected chi connectivity index (χ0v) is 12.0. The quantitative estimate of drug-likeness (QED) is 0.906. The molecule has 1 N–H and O–H groups in total. The molecule has 0 aromatic heterocycles. The van der Waals surface area contributed by atoms with E-state index < -0.39 is 5.97 Å². The number of carboxylic acid groups (broad SMARTS) is 1. The van der Waals surface area contributed by atoms with Crippen LogP contribution in [0.5, 0.6) is 0 Å². The Morgan fingerprint density at radius 1 is 1.32 bits per heavy atom. The Bertz CT molecular complexity index is 439. The van der Waals surface area contributed by atoms with Crippen molar-refractivity contribution in [2.24, 2.45) is 5.92 Å². The highest BCUT2D eigenvalue weighted by atomic mass is 16.4. The number of benzene rings is 1. The molecule has 2 unspecified atom stereocenters. The lowest BCUT2D eigenvalue weighted by atomic mass is 9.88. The van der Waals surface area contributed by atoms with Crippen LogP contribution < -0.4 is 0 Å². The molecule has 3 heteroatoms. The van der Waals surface area contributed by atoms with Gasteiger partial charge in [0.1, 0.15) is 0 Å². The van der Waals surface area contributed by atoms with Gasteiger partial charge in [0.15, 0.2) is 0 Å². The molecule has 1 aromatic rings. The highest BCUT2D eigenvalue weighted by Crippen LogP contribution is 2.34. The van der Waals surface area contributed by atoms with Gasteiger partial charge in [0.2, 0.25) is 0 Å². The van der Waals surface area contributed by atoms with E-state index in [4.69, 9.17) is 0 Å². The standard InChI is InChI=1S/C16H23NO2/c1-4-12-5-7-13(8-6-12)14-9-17(11(2)3)10-15(14)16(18)19/h5-8,11,14-15H,4,9-10H2,1-3H3,(H,18,19). The van der Waals surface area contributed by atoms with Gasteiger partial charge in [-0.15, -0.1) is 0 Å². The summed E-state index contributed by atoms with van der Waals surface area (Å²) in [6.07, 6.45) is 1.02. The average Bonchev–Trinajstić information content (AvgIpc) is 2.84. The lowest BCUT2D eigenvalue weighted by Gasteiger charge is -2.20. The fraction of sp³-hybridized carbons (Fsp3) is 0.562. The first-order valence-corrected chi connectivity index (χ1v) is 7.08. The summed E-state index contributed by atoms with van der Waals surface area (Å²) in [5.74, 6) is -0.839. The van der Waals surface area contributed by atoms with Gasteiger partial charge in [-0.2, -0.15) is 0 Å². The smallest absolute Gasteiger partial charge is 0.308 e. The van der Waals surface area contributed by atoms with E-state index in [1.165, 1.54) is 5.56 Å². The minimum Gasteiger partial charge on any atom is -0.481 e. The van der Waals surface area contributed by atoms with Crippen molar-refractivity contribution in [2.75, 3.05) is 13.1 Å². The second-order valence-electron chi connectivity index (χ2n) is 5.69. The molecule has 3 nitrogen and oxygen atoms in total. The van der Waals surface area contributed by atoms with E-state index in [1.807, 2.05) is 0 Å². The van der Waals surface area contributed by atoms with E-state index in [9.17, 15) is 9.90 Å². The lowest BCUT2D eigenvalue weighted by molar-refractivity contribution is -0.141. The molecular weight excluding hydrogens is 238 g/mol. The summed E-state index contributed by atoms with van der Waals surface area (Å²) in [5, 5.41) is 9.42. The van der Waals surface area contributed by atoms with Gasteiger partial charge in [-0.3, -0.25) is 9.69 Å². The molecule has 0 saturated carbocycles. The topological polar surface area (TPSA) is 40.5 Å². The van der Waals surface area contributed by atoms with Crippen molar-refractivity contribution in [3.05, 3.63) is 35.4 Å². The molecule has 1 aromatic carbocycles. The van der Waals surface area contributed by atoms with Crippen LogP contribution in [0.15, 0.2) is 24.3 Å². The maximum atomic E-state index is 11.4. The van der Waals surface area contributed by atoms with Crippen molar-refractivity contribution in [3.8, 4) is 0 Å². The summed E-state index contributed by atoms with van der Waals surface area (Å²) in [7, 11) is 0. The van der Waals surface area contributed by atoms with Crippen molar-refractivity contribution < 1.29 is 9.90 Å². The summed E-state index contributed by atoms with van der Waals surface area (Å²) < 4.78 is 0. The zero-order chi connectivity index (χ0) is 14.0. The Hall–Kier alpha value is -1.35. The number of aliphatic carboxylic acids is 1. The molecular formula is C16H23NO2. The van der Waals surface area contributed by atoms with Crippen molar-refractivity contribution in [1.29, 1.82) is 0 Å². The van der Waals surface area contributed by atoms with Crippen LogP contribution in [0.1, 0.15) is 37.8 Å². The third-order valence-corrected chi connectivity index (χ3v) is 4.21. The highest BCUT2D eigenvalue weighted by molar-refractivity contribution is 5.72. The van der Waals surface area contributed by atoms with Crippen LogP contribution in [-0.2, 0) is 11.2 Å². The normalized spacial score (nSPS) is 24.0. The van der Waals surface area contributed by atoms with Gasteiger partial charge in [-0.05, 0) is 31.4 Å². The molecule has 0 aliphatic carbocycles. The Balaban J connectivity index is 2.22. The molecule has 0 radical (unpaired) electrons. The first kappa shape index (κ1) is 14.1. The summed E-state index contributed by atoms with van der Waals surface area (Å²) in [4.78, 5) is 13.7. The number of carbonyl (C=O) groups is 1. The van der Waals surface area contributed by atoms with Gasteiger partial charge in [-0.25, -0.2) is 0 Å². The molecule has 104 valence electrons. The second kappa shape index (κ2) is 5.74. The van der Waals surface area contributed by atoms with E-state index in [0.29, 0.717) is 12.6 Å². The van der Waals surface area contributed by atoms with Crippen LogP contribution in [0.25, 0.3) is 0 Å². The van der Waals surface area contributed by atoms with Crippen molar-refractivity contribution in [2.45, 2.75) is 39.2 Å². The predicted molar refractivity (Wildman–Crippen MR) is 76.4 cm³/mol. The summed E-state index contributed by atoms with van der Waals surface area (Å²) in [5.41, 5.74) is 2.46. The van der Waals surface area contributed by atoms with Gasteiger partial charge < -0.3 is 5.11 Å². The van der Waals surface area contributed by atoms with E-state index in [2.05, 4.69) is 49.9 Å². The van der Waals surface area contributed by atoms with Crippen LogP contribution in [0.3, 0.4) is 0 Å². The first-order chi connectivity index (χ1) is 9.02. The Kier molecular flexibility index (Phi) is 4.25. The molecule has 1 aliphatic rings. The first-order valence-electron chi connectivity index (χ1n) is 7.08. The van der Waals surface area contributed by atoms with Crippen molar-refractivity contribution in [3.63, 3.8) is 0 Å². The number of hydrogen-bond acceptors (Lipinski definition) is 2. The molecule has 0 bridgehead atoms. The number of rotatable bonds is 4. The van der Waals surface area contributed by atoms with Gasteiger partial charge in [0.05, 0.1) is 5.92 Å². The van der Waals surface area contributed by atoms with Gasteiger partial charge in [-0.1, -0.05) is 31.2 Å². The van der Waals surface area contributed by atoms with Crippen LogP contribution in [0.4, 0.5) is 0 Å². The van der Waals surface area contributed by atoms with E-state index >= 15 is 0 Å². The SMILES string of the molecule is CCc1ccc(C2CN(C(C)C)CC2C(=O)O)cc1. The molecule has 19 heavy (non-hydrogen) atoms. The maximum Gasteiger partial charge on any atom is 0.308 e. The largest absolute Gasteiger partial charge is 0.481 e. The molecule has 1 fully saturated rings. The lowest BCUT2D eigenvalue weighted by Crippen LogP contribution is -2.29. The predicted octanol–water partition coefficient (Wildman–Crippen LogP) is 2.76. The van der Waals surface area contributed by atoms with E-state index in [0.717, 1.165) is 18.5 Å². The fourth-order valence-electron chi connectivity index (χ4n) is 2.84. The molecule has 2 atom stereocenters. The Morgan fingerprint density at radius 3 is 2.42 bits per heavy atom. The molecule has 0 amide bonds. The Labute approximate surface area is 115 Å². The maximum absolute atomic E-state index is 11.4. The minimum atomic E-state index is -0.673. The number of nitrogens with zero attached hydrogens (tertiary/aromatic N) is 1. The van der Waals surface area contributed by atoms with Gasteiger partial charge >= 0.3 is 5.97 Å². The van der Waals surface area contributed by atoms with Crippen LogP contribution >= 0.6 is 0 Å². The van der Waals surface area contributed by atoms with Gasteiger partial charge in [0, 0.05) is 25.0 Å². The van der Waals surface area contributed by atoms with Crippen LogP contribution in [0, 0.1) is 5.92 Å². The average molecular weight is 261 g/mol. The fourth-order valence-corrected chi connectivity index (χ4v) is 2.84. The second-order valence-corrected chi connectivity index (χ2v) is 5.69. The number of carboxylic acids is 1. The summed E-state index contributed by atoms with van der Waals surface area (Å²) in [6.45, 7) is 7.89.